The van der Waals surface area contributed by atoms with Gasteiger partial charge in [-0.3, -0.25) is 9.59 Å². The Morgan fingerprint density at radius 2 is 1.62 bits per heavy atom. The summed E-state index contributed by atoms with van der Waals surface area (Å²) in [5, 5.41) is 0. The Morgan fingerprint density at radius 1 is 1.03 bits per heavy atom. The molecule has 3 aliphatic rings. The maximum atomic E-state index is 13.0. The number of likely N-dealkylation sites (tertiary alicyclic amines) is 1. The fourth-order valence-electron chi connectivity index (χ4n) is 4.91. The molecule has 3 fully saturated rings. The molecular formula is C22H31F3N2O5. The number of amides is 2. The number of ether oxygens (including phenoxy) is 2. The molecule has 7 nitrogen and oxygen atoms in total. The van der Waals surface area contributed by atoms with E-state index in [4.69, 9.17) is 9.47 Å². The van der Waals surface area contributed by atoms with Gasteiger partial charge in [0.2, 0.25) is 5.91 Å². The van der Waals surface area contributed by atoms with Crippen LogP contribution in [0.3, 0.4) is 0 Å². The zero-order valence-electron chi connectivity index (χ0n) is 19.3. The minimum atomic E-state index is -4.64. The normalized spacial score (nSPS) is 31.1. The van der Waals surface area contributed by atoms with E-state index >= 15 is 0 Å². The monoisotopic (exact) mass is 460 g/mol. The van der Waals surface area contributed by atoms with Gasteiger partial charge in [0.05, 0.1) is 11.5 Å². The van der Waals surface area contributed by atoms with E-state index in [1.165, 1.54) is 4.90 Å². The highest BCUT2D eigenvalue weighted by atomic mass is 19.4. The van der Waals surface area contributed by atoms with Gasteiger partial charge in [0, 0.05) is 24.1 Å². The van der Waals surface area contributed by atoms with Crippen molar-refractivity contribution in [3.63, 3.8) is 0 Å². The molecule has 32 heavy (non-hydrogen) atoms. The second-order valence-electron chi connectivity index (χ2n) is 11.0. The lowest BCUT2D eigenvalue weighted by atomic mass is 9.76. The Kier molecular flexibility index (Phi) is 6.14. The van der Waals surface area contributed by atoms with Crippen LogP contribution >= 0.6 is 0 Å². The quantitative estimate of drug-likeness (QED) is 0.578. The lowest BCUT2D eigenvalue weighted by Crippen LogP contribution is -2.54. The summed E-state index contributed by atoms with van der Waals surface area (Å²) in [4.78, 5) is 43.0. The fourth-order valence-corrected chi connectivity index (χ4v) is 4.91. The first-order valence-electron chi connectivity index (χ1n) is 10.8. The summed E-state index contributed by atoms with van der Waals surface area (Å²) in [5.41, 5.74) is -1.14. The summed E-state index contributed by atoms with van der Waals surface area (Å²) in [7, 11) is 0. The van der Waals surface area contributed by atoms with Crippen LogP contribution < -0.4 is 0 Å². The number of carbonyl (C=O) groups excluding carboxylic acids is 3. The van der Waals surface area contributed by atoms with Crippen LogP contribution in [0.5, 0.6) is 0 Å². The molecule has 180 valence electrons. The first kappa shape index (κ1) is 24.5. The first-order valence-corrected chi connectivity index (χ1v) is 10.8. The third-order valence-electron chi connectivity index (χ3n) is 6.04. The molecule has 0 aromatic rings. The minimum absolute atomic E-state index is 0.0469. The van der Waals surface area contributed by atoms with Gasteiger partial charge in [-0.1, -0.05) is 0 Å². The summed E-state index contributed by atoms with van der Waals surface area (Å²) >= 11 is 0. The van der Waals surface area contributed by atoms with Crippen LogP contribution in [-0.4, -0.2) is 59.0 Å². The molecule has 3 rings (SSSR count). The summed E-state index contributed by atoms with van der Waals surface area (Å²) < 4.78 is 50.0. The van der Waals surface area contributed by atoms with E-state index in [9.17, 15) is 27.6 Å². The molecule has 10 heteroatoms. The molecule has 1 heterocycles. The molecule has 2 amide bonds. The van der Waals surface area contributed by atoms with Crippen molar-refractivity contribution in [1.29, 1.82) is 0 Å². The summed E-state index contributed by atoms with van der Waals surface area (Å²) in [6.07, 6.45) is -6.81. The van der Waals surface area contributed by atoms with Gasteiger partial charge in [0.25, 0.3) is 0 Å². The average molecular weight is 460 g/mol. The van der Waals surface area contributed by atoms with Crippen molar-refractivity contribution in [3.05, 3.63) is 0 Å². The third kappa shape index (κ3) is 5.26. The number of aliphatic imine (C=N–C) groups is 1. The number of piperidine rings is 1. The number of alkyl halides is 3. The van der Waals surface area contributed by atoms with Gasteiger partial charge in [-0.2, -0.15) is 18.2 Å². The van der Waals surface area contributed by atoms with Gasteiger partial charge in [0.1, 0.15) is 18.1 Å². The van der Waals surface area contributed by atoms with Crippen molar-refractivity contribution in [3.8, 4) is 0 Å². The van der Waals surface area contributed by atoms with Crippen molar-refractivity contribution in [2.75, 3.05) is 6.54 Å². The first-order chi connectivity index (χ1) is 14.5. The molecule has 2 aliphatic carbocycles. The van der Waals surface area contributed by atoms with Crippen molar-refractivity contribution in [2.45, 2.75) is 84.7 Å². The molecule has 0 aromatic heterocycles. The molecule has 0 N–H and O–H groups in total. The topological polar surface area (TPSA) is 85.3 Å². The number of nitrogens with zero attached hydrogens (tertiary/aromatic N) is 2. The van der Waals surface area contributed by atoms with Gasteiger partial charge in [0.15, 0.2) is 0 Å². The highest BCUT2D eigenvalue weighted by Crippen LogP contribution is 2.51. The van der Waals surface area contributed by atoms with E-state index < -0.39 is 65.6 Å². The highest BCUT2D eigenvalue weighted by Gasteiger charge is 2.61. The smallest absolute Gasteiger partial charge is 0.434 e. The Bertz CT molecular complexity index is 825. The van der Waals surface area contributed by atoms with Gasteiger partial charge >= 0.3 is 18.2 Å². The second-order valence-corrected chi connectivity index (χ2v) is 11.0. The van der Waals surface area contributed by atoms with Gasteiger partial charge in [-0.05, 0) is 60.3 Å². The molecule has 1 saturated heterocycles. The highest BCUT2D eigenvalue weighted by molar-refractivity contribution is 6.00. The molecular weight excluding hydrogens is 429 g/mol. The van der Waals surface area contributed by atoms with Crippen molar-refractivity contribution >= 4 is 23.7 Å². The van der Waals surface area contributed by atoms with Crippen LogP contribution in [0, 0.1) is 23.2 Å². The molecule has 0 radical (unpaired) electrons. The van der Waals surface area contributed by atoms with E-state index in [1.807, 2.05) is 0 Å². The van der Waals surface area contributed by atoms with Crippen LogP contribution in [-0.2, 0) is 19.1 Å². The van der Waals surface area contributed by atoms with Crippen molar-refractivity contribution in [2.24, 2.45) is 28.2 Å². The molecule has 1 aliphatic heterocycles. The minimum Gasteiger partial charge on any atom is -0.459 e. The fraction of sp³-hybridized carbons (Fsp3) is 0.818. The molecule has 0 aromatic carbocycles. The van der Waals surface area contributed by atoms with Crippen LogP contribution in [0.4, 0.5) is 18.0 Å². The van der Waals surface area contributed by atoms with E-state index in [1.54, 1.807) is 41.5 Å². The maximum Gasteiger partial charge on any atom is 0.434 e. The van der Waals surface area contributed by atoms with E-state index in [0.717, 1.165) is 0 Å². The summed E-state index contributed by atoms with van der Waals surface area (Å²) in [6.45, 7) is 10.3. The van der Waals surface area contributed by atoms with Crippen LogP contribution in [0.15, 0.2) is 4.99 Å². The van der Waals surface area contributed by atoms with Crippen molar-refractivity contribution < 1.29 is 37.0 Å². The largest absolute Gasteiger partial charge is 0.459 e. The number of hydrogen-bond acceptors (Lipinski definition) is 5. The SMILES string of the molecule is CC(C)(C)OC(=O)N=C1[C@H]2CC3C[C@@H]1C([C@H]2OC(=O)C(C)(C)C)N(C(=O)CC(F)(F)F)C3. The van der Waals surface area contributed by atoms with Crippen LogP contribution in [0.1, 0.15) is 60.8 Å². The van der Waals surface area contributed by atoms with Crippen LogP contribution in [0.25, 0.3) is 0 Å². The van der Waals surface area contributed by atoms with Gasteiger partial charge in [-0.15, -0.1) is 0 Å². The summed E-state index contributed by atoms with van der Waals surface area (Å²) in [5.74, 6) is -2.50. The standard InChI is InChI=1S/C22H31F3N2O5/c1-20(2,3)18(29)31-17-13-8-11-7-12(15(13)26-19(30)32-21(4,5)6)16(17)27(10-11)14(28)9-22(23,24)25/h11-13,16-17H,7-10H2,1-6H3/t11?,12-,13+,16?,17-/m0/s1. The number of rotatable bonds is 2. The lowest BCUT2D eigenvalue weighted by Gasteiger charge is -2.42. The van der Waals surface area contributed by atoms with E-state index in [2.05, 4.69) is 4.99 Å². The zero-order valence-corrected chi connectivity index (χ0v) is 19.3. The number of halogens is 3. The van der Waals surface area contributed by atoms with Crippen molar-refractivity contribution in [1.82, 2.24) is 4.90 Å². The number of hydrogen-bond donors (Lipinski definition) is 0. The number of carbonyl (C=O) groups is 3. The number of fused-ring (bicyclic) bond motifs is 2. The van der Waals surface area contributed by atoms with Gasteiger partial charge in [-0.25, -0.2) is 4.79 Å². The lowest BCUT2D eigenvalue weighted by molar-refractivity contribution is -0.173. The molecule has 3 bridgehead atoms. The van der Waals surface area contributed by atoms with Crippen LogP contribution in [0.2, 0.25) is 0 Å². The summed E-state index contributed by atoms with van der Waals surface area (Å²) in [6, 6.07) is -0.777. The molecule has 0 spiro atoms. The predicted octanol–water partition coefficient (Wildman–Crippen LogP) is 4.14. The van der Waals surface area contributed by atoms with E-state index in [0.29, 0.717) is 18.6 Å². The Balaban J connectivity index is 1.97. The maximum absolute atomic E-state index is 13.0. The Morgan fingerprint density at radius 3 is 2.16 bits per heavy atom. The Hall–Kier alpha value is -2.13. The average Bonchev–Trinajstić information content (AvgIpc) is 2.70. The second kappa shape index (κ2) is 8.02. The molecule has 5 atom stereocenters. The molecule has 2 saturated carbocycles. The zero-order chi connectivity index (χ0) is 24.2. The van der Waals surface area contributed by atoms with E-state index in [-0.39, 0.29) is 12.5 Å². The molecule has 2 unspecified atom stereocenters. The third-order valence-corrected chi connectivity index (χ3v) is 6.04. The predicted molar refractivity (Wildman–Crippen MR) is 109 cm³/mol. The number of esters is 1. The Labute approximate surface area is 185 Å². The van der Waals surface area contributed by atoms with Gasteiger partial charge < -0.3 is 14.4 Å².